The molecule has 0 radical (unpaired) electrons. The number of phenolic OH excluding ortho intramolecular Hbond substituents is 1. The molecule has 2 aromatic carbocycles. The molecule has 0 aliphatic heterocycles. The minimum atomic E-state index is -0.333. The minimum Gasteiger partial charge on any atom is -0.508 e. The Morgan fingerprint density at radius 3 is 2.48 bits per heavy atom. The minimum absolute atomic E-state index is 0.132. The topological polar surface area (TPSA) is 75.1 Å². The number of carbonyl (C=O) groups excluding carboxylic acids is 1. The monoisotopic (exact) mass is 365 g/mol. The van der Waals surface area contributed by atoms with Crippen molar-refractivity contribution in [2.24, 2.45) is 0 Å². The number of hydrogen-bond donors (Lipinski definition) is 2. The average molecular weight is 365 g/mol. The van der Waals surface area contributed by atoms with Gasteiger partial charge in [-0.1, -0.05) is 25.5 Å². The molecule has 1 amide bonds. The Hall–Kier alpha value is -3.28. The van der Waals surface area contributed by atoms with Crippen molar-refractivity contribution in [2.75, 3.05) is 5.32 Å². The SMILES string of the molecule is CCCc1nc(-c2ccc(O)cc2)cnc1NC(=O)Cc1ccc(F)cc1. The smallest absolute Gasteiger partial charge is 0.229 e. The van der Waals surface area contributed by atoms with Gasteiger partial charge in [-0.25, -0.2) is 14.4 Å². The highest BCUT2D eigenvalue weighted by Gasteiger charge is 2.12. The zero-order valence-electron chi connectivity index (χ0n) is 14.9. The molecule has 0 saturated heterocycles. The molecule has 138 valence electrons. The number of rotatable bonds is 6. The lowest BCUT2D eigenvalue weighted by Crippen LogP contribution is -2.17. The summed E-state index contributed by atoms with van der Waals surface area (Å²) in [6.45, 7) is 2.03. The second-order valence-corrected chi connectivity index (χ2v) is 6.20. The predicted molar refractivity (Wildman–Crippen MR) is 102 cm³/mol. The number of amides is 1. The third-order valence-electron chi connectivity index (χ3n) is 4.03. The fourth-order valence-electron chi connectivity index (χ4n) is 2.68. The van der Waals surface area contributed by atoms with E-state index < -0.39 is 0 Å². The van der Waals surface area contributed by atoms with Gasteiger partial charge in [0.2, 0.25) is 5.91 Å². The molecular formula is C21H20FN3O2. The lowest BCUT2D eigenvalue weighted by Gasteiger charge is -2.11. The van der Waals surface area contributed by atoms with E-state index in [2.05, 4.69) is 15.3 Å². The number of nitrogens with zero attached hydrogens (tertiary/aromatic N) is 2. The van der Waals surface area contributed by atoms with E-state index in [0.717, 1.165) is 17.5 Å². The molecule has 0 aliphatic carbocycles. The van der Waals surface area contributed by atoms with Gasteiger partial charge < -0.3 is 10.4 Å². The van der Waals surface area contributed by atoms with Crippen molar-refractivity contribution < 1.29 is 14.3 Å². The van der Waals surface area contributed by atoms with Gasteiger partial charge in [0.1, 0.15) is 11.6 Å². The number of benzene rings is 2. The van der Waals surface area contributed by atoms with Gasteiger partial charge in [-0.05, 0) is 48.4 Å². The summed E-state index contributed by atoms with van der Waals surface area (Å²) in [4.78, 5) is 21.3. The van der Waals surface area contributed by atoms with Crippen LogP contribution >= 0.6 is 0 Å². The van der Waals surface area contributed by atoms with Gasteiger partial charge in [0, 0.05) is 5.56 Å². The van der Waals surface area contributed by atoms with Crippen molar-refractivity contribution in [1.29, 1.82) is 0 Å². The summed E-state index contributed by atoms with van der Waals surface area (Å²) < 4.78 is 13.0. The normalized spacial score (nSPS) is 10.6. The second kappa shape index (κ2) is 8.40. The van der Waals surface area contributed by atoms with Gasteiger partial charge in [-0.15, -0.1) is 0 Å². The Balaban J connectivity index is 1.78. The summed E-state index contributed by atoms with van der Waals surface area (Å²) >= 11 is 0. The van der Waals surface area contributed by atoms with Crippen molar-refractivity contribution in [2.45, 2.75) is 26.2 Å². The Labute approximate surface area is 156 Å². The third kappa shape index (κ3) is 4.88. The molecule has 1 heterocycles. The van der Waals surface area contributed by atoms with Crippen LogP contribution < -0.4 is 5.32 Å². The van der Waals surface area contributed by atoms with Crippen LogP contribution in [0.5, 0.6) is 5.75 Å². The first kappa shape index (κ1) is 18.5. The summed E-state index contributed by atoms with van der Waals surface area (Å²) in [5, 5.41) is 12.2. The maximum Gasteiger partial charge on any atom is 0.229 e. The van der Waals surface area contributed by atoms with Crippen LogP contribution in [0.1, 0.15) is 24.6 Å². The molecule has 0 atom stereocenters. The number of halogens is 1. The number of aromatic nitrogens is 2. The number of carbonyl (C=O) groups is 1. The quantitative estimate of drug-likeness (QED) is 0.689. The standard InChI is InChI=1S/C21H20FN3O2/c1-2-3-18-21(25-20(27)12-14-4-8-16(22)9-5-14)23-13-19(24-18)15-6-10-17(26)11-7-15/h4-11,13,26H,2-3,12H2,1H3,(H,23,25,27). The average Bonchev–Trinajstić information content (AvgIpc) is 2.66. The van der Waals surface area contributed by atoms with E-state index in [1.807, 2.05) is 6.92 Å². The first-order valence-corrected chi connectivity index (χ1v) is 8.74. The maximum atomic E-state index is 13.0. The molecule has 6 heteroatoms. The molecule has 1 aromatic heterocycles. The number of aromatic hydroxyl groups is 1. The summed E-state index contributed by atoms with van der Waals surface area (Å²) in [6, 6.07) is 12.5. The molecule has 0 saturated carbocycles. The molecule has 5 nitrogen and oxygen atoms in total. The van der Waals surface area contributed by atoms with Crippen LogP contribution in [0.3, 0.4) is 0 Å². The summed E-state index contributed by atoms with van der Waals surface area (Å²) in [7, 11) is 0. The lowest BCUT2D eigenvalue weighted by atomic mass is 10.1. The number of hydrogen-bond acceptors (Lipinski definition) is 4. The van der Waals surface area contributed by atoms with Crippen LogP contribution in [-0.4, -0.2) is 21.0 Å². The fourth-order valence-corrected chi connectivity index (χ4v) is 2.68. The Morgan fingerprint density at radius 1 is 1.11 bits per heavy atom. The van der Waals surface area contributed by atoms with Gasteiger partial charge in [-0.3, -0.25) is 4.79 Å². The van der Waals surface area contributed by atoms with E-state index in [4.69, 9.17) is 0 Å². The van der Waals surface area contributed by atoms with Crippen LogP contribution in [0.15, 0.2) is 54.7 Å². The lowest BCUT2D eigenvalue weighted by molar-refractivity contribution is -0.115. The number of aryl methyl sites for hydroxylation is 1. The Morgan fingerprint density at radius 2 is 1.81 bits per heavy atom. The van der Waals surface area contributed by atoms with Crippen molar-refractivity contribution in [1.82, 2.24) is 9.97 Å². The van der Waals surface area contributed by atoms with Crippen LogP contribution in [0, 0.1) is 5.82 Å². The maximum absolute atomic E-state index is 13.0. The van der Waals surface area contributed by atoms with Crippen molar-refractivity contribution >= 4 is 11.7 Å². The van der Waals surface area contributed by atoms with Crippen molar-refractivity contribution in [3.63, 3.8) is 0 Å². The van der Waals surface area contributed by atoms with Gasteiger partial charge in [0.15, 0.2) is 5.82 Å². The molecule has 2 N–H and O–H groups in total. The molecule has 0 spiro atoms. The highest BCUT2D eigenvalue weighted by Crippen LogP contribution is 2.22. The van der Waals surface area contributed by atoms with E-state index in [0.29, 0.717) is 23.6 Å². The molecule has 0 unspecified atom stereocenters. The van der Waals surface area contributed by atoms with E-state index >= 15 is 0 Å². The van der Waals surface area contributed by atoms with E-state index in [-0.39, 0.29) is 23.9 Å². The van der Waals surface area contributed by atoms with Gasteiger partial charge in [0.05, 0.1) is 24.0 Å². The number of nitrogens with one attached hydrogen (secondary N) is 1. The van der Waals surface area contributed by atoms with Crippen molar-refractivity contribution in [3.8, 4) is 17.0 Å². The number of phenols is 1. The summed E-state index contributed by atoms with van der Waals surface area (Å²) in [5.74, 6) is 0.0578. The van der Waals surface area contributed by atoms with Crippen LogP contribution in [0.4, 0.5) is 10.2 Å². The Kier molecular flexibility index (Phi) is 5.76. The molecule has 3 aromatic rings. The molecule has 27 heavy (non-hydrogen) atoms. The fraction of sp³-hybridized carbons (Fsp3) is 0.190. The highest BCUT2D eigenvalue weighted by molar-refractivity contribution is 5.91. The van der Waals surface area contributed by atoms with E-state index in [1.165, 1.54) is 12.1 Å². The van der Waals surface area contributed by atoms with E-state index in [9.17, 15) is 14.3 Å². The molecular weight excluding hydrogens is 345 g/mol. The molecule has 0 fully saturated rings. The summed E-state index contributed by atoms with van der Waals surface area (Å²) in [5.41, 5.74) is 2.94. The largest absolute Gasteiger partial charge is 0.508 e. The van der Waals surface area contributed by atoms with E-state index in [1.54, 1.807) is 42.6 Å². The first-order valence-electron chi connectivity index (χ1n) is 8.74. The van der Waals surface area contributed by atoms with Crippen LogP contribution in [0.2, 0.25) is 0 Å². The van der Waals surface area contributed by atoms with Crippen LogP contribution in [0.25, 0.3) is 11.3 Å². The zero-order valence-corrected chi connectivity index (χ0v) is 14.9. The molecule has 3 rings (SSSR count). The van der Waals surface area contributed by atoms with Crippen molar-refractivity contribution in [3.05, 3.63) is 71.8 Å². The zero-order chi connectivity index (χ0) is 19.2. The second-order valence-electron chi connectivity index (χ2n) is 6.20. The van der Waals surface area contributed by atoms with Gasteiger partial charge in [0.25, 0.3) is 0 Å². The summed E-state index contributed by atoms with van der Waals surface area (Å²) in [6.07, 6.45) is 3.26. The highest BCUT2D eigenvalue weighted by atomic mass is 19.1. The number of anilines is 1. The predicted octanol–water partition coefficient (Wildman–Crippen LogP) is 4.12. The molecule has 0 bridgehead atoms. The molecule has 0 aliphatic rings. The van der Waals surface area contributed by atoms with Gasteiger partial charge >= 0.3 is 0 Å². The van der Waals surface area contributed by atoms with Gasteiger partial charge in [-0.2, -0.15) is 0 Å². The Bertz CT molecular complexity index is 925. The first-order chi connectivity index (χ1) is 13.0. The third-order valence-corrected chi connectivity index (χ3v) is 4.03. The van der Waals surface area contributed by atoms with Crippen LogP contribution in [-0.2, 0) is 17.6 Å².